The van der Waals surface area contributed by atoms with Crippen molar-refractivity contribution in [3.05, 3.63) is 22.6 Å². The van der Waals surface area contributed by atoms with Crippen molar-refractivity contribution in [3.63, 3.8) is 0 Å². The first kappa shape index (κ1) is 15.1. The average molecular weight is 354 g/mol. The van der Waals surface area contributed by atoms with Gasteiger partial charge in [-0.3, -0.25) is 4.79 Å². The van der Waals surface area contributed by atoms with Gasteiger partial charge in [-0.05, 0) is 53.7 Å². The van der Waals surface area contributed by atoms with Crippen LogP contribution < -0.4 is 0 Å². The largest absolute Gasteiger partial charge is 0.444 e. The maximum atomic E-state index is 13.0. The van der Waals surface area contributed by atoms with E-state index in [1.807, 2.05) is 6.07 Å². The number of carbonyl (C=O) groups is 1. The topological polar surface area (TPSA) is 33.5 Å². The van der Waals surface area contributed by atoms with Crippen molar-refractivity contribution in [2.45, 2.75) is 76.3 Å². The number of hydrogen-bond acceptors (Lipinski definition) is 2. The molecule has 0 N–H and O–H groups in total. The fourth-order valence-corrected chi connectivity index (χ4v) is 4.21. The molecule has 116 valence electrons. The van der Waals surface area contributed by atoms with Crippen molar-refractivity contribution in [1.29, 1.82) is 0 Å². The van der Waals surface area contributed by atoms with Gasteiger partial charge in [0.25, 0.3) is 5.91 Å². The van der Waals surface area contributed by atoms with Gasteiger partial charge >= 0.3 is 0 Å². The molecule has 1 aromatic heterocycles. The monoisotopic (exact) mass is 353 g/mol. The predicted octanol–water partition coefficient (Wildman–Crippen LogP) is 5.15. The van der Waals surface area contributed by atoms with Gasteiger partial charge in [0.2, 0.25) is 0 Å². The van der Waals surface area contributed by atoms with Crippen LogP contribution in [-0.2, 0) is 0 Å². The molecular formula is C17H24BrNO2. The molecule has 0 saturated heterocycles. The molecule has 1 aromatic rings. The van der Waals surface area contributed by atoms with E-state index in [-0.39, 0.29) is 5.91 Å². The zero-order valence-electron chi connectivity index (χ0n) is 12.5. The second kappa shape index (κ2) is 6.99. The third kappa shape index (κ3) is 3.53. The van der Waals surface area contributed by atoms with Crippen LogP contribution in [0.1, 0.15) is 74.8 Å². The molecule has 4 heteroatoms. The molecule has 0 unspecified atom stereocenters. The minimum absolute atomic E-state index is 0.0968. The molecule has 3 rings (SSSR count). The minimum Gasteiger partial charge on any atom is -0.444 e. The highest BCUT2D eigenvalue weighted by atomic mass is 79.9. The molecule has 1 amide bonds. The number of rotatable bonds is 3. The summed E-state index contributed by atoms with van der Waals surface area (Å²) in [6, 6.07) is 4.44. The van der Waals surface area contributed by atoms with Crippen LogP contribution in [-0.4, -0.2) is 22.9 Å². The van der Waals surface area contributed by atoms with E-state index >= 15 is 0 Å². The van der Waals surface area contributed by atoms with Crippen molar-refractivity contribution in [1.82, 2.24) is 4.90 Å². The van der Waals surface area contributed by atoms with Crippen molar-refractivity contribution < 1.29 is 9.21 Å². The molecule has 2 aliphatic rings. The van der Waals surface area contributed by atoms with Gasteiger partial charge in [-0.2, -0.15) is 0 Å². The molecule has 21 heavy (non-hydrogen) atoms. The van der Waals surface area contributed by atoms with Crippen molar-refractivity contribution in [2.75, 3.05) is 0 Å². The van der Waals surface area contributed by atoms with E-state index in [1.54, 1.807) is 6.07 Å². The van der Waals surface area contributed by atoms with Crippen LogP contribution in [0.25, 0.3) is 0 Å². The van der Waals surface area contributed by atoms with E-state index in [2.05, 4.69) is 20.8 Å². The van der Waals surface area contributed by atoms with Gasteiger partial charge in [0.05, 0.1) is 0 Å². The normalized spacial score (nSPS) is 21.4. The summed E-state index contributed by atoms with van der Waals surface area (Å²) in [4.78, 5) is 15.2. The lowest BCUT2D eigenvalue weighted by molar-refractivity contribution is 0.0416. The van der Waals surface area contributed by atoms with Crippen LogP contribution in [0.5, 0.6) is 0 Å². The molecule has 0 atom stereocenters. The van der Waals surface area contributed by atoms with Gasteiger partial charge in [-0.1, -0.05) is 38.5 Å². The standard InChI is InChI=1S/C17H24BrNO2/c18-16-12-11-15(21-16)17(20)19(13-7-3-1-4-8-13)14-9-5-2-6-10-14/h11-14H,1-10H2. The van der Waals surface area contributed by atoms with Crippen molar-refractivity contribution in [2.24, 2.45) is 0 Å². The lowest BCUT2D eigenvalue weighted by atomic mass is 9.88. The summed E-state index contributed by atoms with van der Waals surface area (Å²) in [7, 11) is 0. The van der Waals surface area contributed by atoms with E-state index in [0.717, 1.165) is 25.7 Å². The third-order valence-corrected chi connectivity index (χ3v) is 5.38. The molecule has 0 aliphatic heterocycles. The lowest BCUT2D eigenvalue weighted by Crippen LogP contribution is -2.48. The van der Waals surface area contributed by atoms with Crippen molar-refractivity contribution >= 4 is 21.8 Å². The second-order valence-electron chi connectivity index (χ2n) is 6.40. The smallest absolute Gasteiger partial charge is 0.290 e. The zero-order chi connectivity index (χ0) is 14.7. The highest BCUT2D eigenvalue weighted by Crippen LogP contribution is 2.32. The SMILES string of the molecule is O=C(c1ccc(Br)o1)N(C1CCCCC1)C1CCCCC1. The van der Waals surface area contributed by atoms with Gasteiger partial charge < -0.3 is 9.32 Å². The maximum Gasteiger partial charge on any atom is 0.290 e. The quantitative estimate of drug-likeness (QED) is 0.752. The zero-order valence-corrected chi connectivity index (χ0v) is 14.1. The number of furan rings is 1. The van der Waals surface area contributed by atoms with Gasteiger partial charge in [0.15, 0.2) is 10.4 Å². The summed E-state index contributed by atoms with van der Waals surface area (Å²) in [5, 5.41) is 0. The lowest BCUT2D eigenvalue weighted by Gasteiger charge is -2.41. The Kier molecular flexibility index (Phi) is 5.04. The number of amides is 1. The summed E-state index contributed by atoms with van der Waals surface area (Å²) in [5.41, 5.74) is 0. The first-order chi connectivity index (χ1) is 10.3. The third-order valence-electron chi connectivity index (χ3n) is 4.95. The summed E-state index contributed by atoms with van der Waals surface area (Å²) < 4.78 is 6.17. The fourth-order valence-electron chi connectivity index (χ4n) is 3.90. The average Bonchev–Trinajstić information content (AvgIpc) is 2.96. The molecular weight excluding hydrogens is 330 g/mol. The van der Waals surface area contributed by atoms with Crippen LogP contribution in [0, 0.1) is 0 Å². The number of carbonyl (C=O) groups excluding carboxylic acids is 1. The molecule has 0 bridgehead atoms. The Bertz CT molecular complexity index is 455. The number of nitrogens with zero attached hydrogens (tertiary/aromatic N) is 1. The Morgan fingerprint density at radius 2 is 1.48 bits per heavy atom. The maximum absolute atomic E-state index is 13.0. The van der Waals surface area contributed by atoms with Crippen LogP contribution in [0.15, 0.2) is 21.2 Å². The second-order valence-corrected chi connectivity index (χ2v) is 7.18. The van der Waals surface area contributed by atoms with Gasteiger partial charge in [-0.25, -0.2) is 0 Å². The molecule has 0 aromatic carbocycles. The van der Waals surface area contributed by atoms with E-state index < -0.39 is 0 Å². The number of halogens is 1. The first-order valence-corrected chi connectivity index (χ1v) is 9.13. The summed E-state index contributed by atoms with van der Waals surface area (Å²) in [6.45, 7) is 0. The van der Waals surface area contributed by atoms with E-state index in [9.17, 15) is 4.79 Å². The molecule has 2 saturated carbocycles. The fraction of sp³-hybridized carbons (Fsp3) is 0.706. The Balaban J connectivity index is 1.81. The van der Waals surface area contributed by atoms with Crippen LogP contribution in [0.4, 0.5) is 0 Å². The van der Waals surface area contributed by atoms with Gasteiger partial charge in [0.1, 0.15) is 0 Å². The van der Waals surface area contributed by atoms with Crippen LogP contribution in [0.2, 0.25) is 0 Å². The molecule has 2 aliphatic carbocycles. The molecule has 2 fully saturated rings. The summed E-state index contributed by atoms with van der Waals surface area (Å²) >= 11 is 3.30. The van der Waals surface area contributed by atoms with Crippen LogP contribution in [0.3, 0.4) is 0 Å². The van der Waals surface area contributed by atoms with Crippen molar-refractivity contribution in [3.8, 4) is 0 Å². The Morgan fingerprint density at radius 3 is 1.90 bits per heavy atom. The van der Waals surface area contributed by atoms with E-state index in [4.69, 9.17) is 4.42 Å². The van der Waals surface area contributed by atoms with Crippen LogP contribution >= 0.6 is 15.9 Å². The highest BCUT2D eigenvalue weighted by Gasteiger charge is 2.34. The minimum atomic E-state index is 0.0968. The van der Waals surface area contributed by atoms with E-state index in [0.29, 0.717) is 22.5 Å². The Morgan fingerprint density at radius 1 is 0.952 bits per heavy atom. The Labute approximate surface area is 135 Å². The highest BCUT2D eigenvalue weighted by molar-refractivity contribution is 9.10. The number of hydrogen-bond donors (Lipinski definition) is 0. The van der Waals surface area contributed by atoms with Gasteiger partial charge in [0, 0.05) is 12.1 Å². The molecule has 0 radical (unpaired) electrons. The van der Waals surface area contributed by atoms with E-state index in [1.165, 1.54) is 38.5 Å². The molecule has 0 spiro atoms. The summed E-state index contributed by atoms with van der Waals surface area (Å²) in [6.07, 6.45) is 12.3. The molecule has 1 heterocycles. The Hall–Kier alpha value is -0.770. The first-order valence-electron chi connectivity index (χ1n) is 8.34. The molecule has 3 nitrogen and oxygen atoms in total. The summed E-state index contributed by atoms with van der Waals surface area (Å²) in [5.74, 6) is 0.581. The van der Waals surface area contributed by atoms with Gasteiger partial charge in [-0.15, -0.1) is 0 Å². The predicted molar refractivity (Wildman–Crippen MR) is 86.3 cm³/mol.